The number of benzene rings is 1. The highest BCUT2D eigenvalue weighted by Gasteiger charge is 2.36. The minimum atomic E-state index is -3.50. The zero-order chi connectivity index (χ0) is 16.4. The number of hydrogen-bond acceptors (Lipinski definition) is 4. The van der Waals surface area contributed by atoms with Crippen LogP contribution in [0.25, 0.3) is 6.08 Å². The van der Waals surface area contributed by atoms with Gasteiger partial charge in [-0.1, -0.05) is 42.5 Å². The first-order valence-electron chi connectivity index (χ1n) is 7.67. The Bertz CT molecular complexity index is 791. The maximum Gasteiger partial charge on any atom is 0.270 e. The smallest absolute Gasteiger partial charge is 0.229 e. The van der Waals surface area contributed by atoms with Gasteiger partial charge in [0.1, 0.15) is 0 Å². The summed E-state index contributed by atoms with van der Waals surface area (Å²) in [4.78, 5) is 5.20. The van der Waals surface area contributed by atoms with Crippen LogP contribution in [0.1, 0.15) is 29.0 Å². The van der Waals surface area contributed by atoms with E-state index in [0.29, 0.717) is 6.54 Å². The third kappa shape index (κ3) is 3.39. The monoisotopic (exact) mass is 348 g/mol. The second-order valence-electron chi connectivity index (χ2n) is 5.72. The van der Waals surface area contributed by atoms with E-state index in [0.717, 1.165) is 29.0 Å². The van der Waals surface area contributed by atoms with Gasteiger partial charge in [0.15, 0.2) is 0 Å². The molecule has 0 N–H and O–H groups in total. The van der Waals surface area contributed by atoms with Crippen LogP contribution in [0, 0.1) is 13.8 Å². The Labute approximate surface area is 141 Å². The van der Waals surface area contributed by atoms with Crippen molar-refractivity contribution in [1.29, 1.82) is 0 Å². The van der Waals surface area contributed by atoms with E-state index >= 15 is 0 Å². The molecular formula is C17H20N2O2S2. The predicted octanol–water partition coefficient (Wildman–Crippen LogP) is 3.63. The first kappa shape index (κ1) is 16.4. The van der Waals surface area contributed by atoms with Crippen LogP contribution in [-0.2, 0) is 10.0 Å². The van der Waals surface area contributed by atoms with Crippen LogP contribution in [-0.4, -0.2) is 30.3 Å². The molecule has 0 saturated carbocycles. The number of sulfonamides is 1. The van der Waals surface area contributed by atoms with E-state index in [1.54, 1.807) is 4.31 Å². The molecule has 122 valence electrons. The van der Waals surface area contributed by atoms with Crippen LogP contribution in [0.4, 0.5) is 0 Å². The Balaban J connectivity index is 1.85. The van der Waals surface area contributed by atoms with Crippen molar-refractivity contribution in [3.8, 4) is 0 Å². The maximum absolute atomic E-state index is 12.9. The molecule has 1 atom stereocenters. The van der Waals surface area contributed by atoms with Crippen LogP contribution >= 0.6 is 11.3 Å². The van der Waals surface area contributed by atoms with E-state index in [1.165, 1.54) is 11.3 Å². The van der Waals surface area contributed by atoms with Crippen LogP contribution in [0.5, 0.6) is 0 Å². The second-order valence-corrected chi connectivity index (χ2v) is 8.98. The molecule has 4 nitrogen and oxygen atoms in total. The zero-order valence-corrected chi connectivity index (χ0v) is 14.9. The standard InChI is InChI=1S/C17H20N2O2S2/c1-13-14(2)22-17(18-13)23(20,21)19-12-6-9-16(19)11-10-15-7-4-3-5-8-15/h3-5,7-8,10-11,16H,6,9,12H2,1-2H3/b11-10+. The van der Waals surface area contributed by atoms with Crippen molar-refractivity contribution in [3.05, 3.63) is 52.5 Å². The molecule has 3 rings (SSSR count). The number of aryl methyl sites for hydroxylation is 2. The van der Waals surface area contributed by atoms with Gasteiger partial charge in [-0.25, -0.2) is 13.4 Å². The summed E-state index contributed by atoms with van der Waals surface area (Å²) in [5.41, 5.74) is 1.88. The average molecular weight is 348 g/mol. The molecule has 2 heterocycles. The fraction of sp³-hybridized carbons (Fsp3) is 0.353. The van der Waals surface area contributed by atoms with Crippen LogP contribution in [0.2, 0.25) is 0 Å². The molecule has 0 spiro atoms. The largest absolute Gasteiger partial charge is 0.270 e. The van der Waals surface area contributed by atoms with E-state index < -0.39 is 10.0 Å². The Kier molecular flexibility index (Phi) is 4.66. The molecule has 0 amide bonds. The van der Waals surface area contributed by atoms with E-state index in [4.69, 9.17) is 0 Å². The van der Waals surface area contributed by atoms with Gasteiger partial charge in [-0.15, -0.1) is 11.3 Å². The second kappa shape index (κ2) is 6.55. The Morgan fingerprint density at radius 1 is 1.26 bits per heavy atom. The minimum absolute atomic E-state index is 0.0929. The lowest BCUT2D eigenvalue weighted by Gasteiger charge is -2.20. The highest BCUT2D eigenvalue weighted by atomic mass is 32.2. The van der Waals surface area contributed by atoms with Gasteiger partial charge in [0.2, 0.25) is 4.34 Å². The number of nitrogens with zero attached hydrogens (tertiary/aromatic N) is 2. The molecule has 1 aromatic heterocycles. The summed E-state index contributed by atoms with van der Waals surface area (Å²) in [6.07, 6.45) is 5.72. The first-order chi connectivity index (χ1) is 11.0. The van der Waals surface area contributed by atoms with E-state index in [-0.39, 0.29) is 10.4 Å². The molecule has 1 aliphatic heterocycles. The SMILES string of the molecule is Cc1nc(S(=O)(=O)N2CCCC2/C=C/c2ccccc2)sc1C. The summed E-state index contributed by atoms with van der Waals surface area (Å²) in [7, 11) is -3.50. The lowest BCUT2D eigenvalue weighted by molar-refractivity contribution is 0.433. The molecule has 0 radical (unpaired) electrons. The van der Waals surface area contributed by atoms with Crippen LogP contribution < -0.4 is 0 Å². The summed E-state index contributed by atoms with van der Waals surface area (Å²) >= 11 is 1.26. The highest BCUT2D eigenvalue weighted by molar-refractivity contribution is 7.91. The lowest BCUT2D eigenvalue weighted by Crippen LogP contribution is -2.34. The van der Waals surface area contributed by atoms with Gasteiger partial charge in [-0.2, -0.15) is 4.31 Å². The van der Waals surface area contributed by atoms with Gasteiger partial charge in [0.05, 0.1) is 5.69 Å². The molecule has 1 fully saturated rings. The number of rotatable bonds is 4. The number of aromatic nitrogens is 1. The van der Waals surface area contributed by atoms with Crippen molar-refractivity contribution in [2.45, 2.75) is 37.1 Å². The van der Waals surface area contributed by atoms with Gasteiger partial charge in [-0.3, -0.25) is 0 Å². The molecule has 6 heteroatoms. The molecule has 2 aromatic rings. The molecule has 1 aromatic carbocycles. The van der Waals surface area contributed by atoms with Gasteiger partial charge in [-0.05, 0) is 32.3 Å². The van der Waals surface area contributed by atoms with Gasteiger partial charge in [0, 0.05) is 17.5 Å². The van der Waals surface area contributed by atoms with E-state index in [1.807, 2.05) is 56.3 Å². The molecule has 0 aliphatic carbocycles. The number of hydrogen-bond donors (Lipinski definition) is 0. The topological polar surface area (TPSA) is 50.3 Å². The maximum atomic E-state index is 12.9. The van der Waals surface area contributed by atoms with E-state index in [2.05, 4.69) is 4.98 Å². The van der Waals surface area contributed by atoms with Crippen molar-refractivity contribution in [2.24, 2.45) is 0 Å². The Morgan fingerprint density at radius 2 is 2.00 bits per heavy atom. The molecule has 23 heavy (non-hydrogen) atoms. The van der Waals surface area contributed by atoms with Crippen molar-refractivity contribution >= 4 is 27.4 Å². The normalized spacial score (nSPS) is 19.7. The Morgan fingerprint density at radius 3 is 2.65 bits per heavy atom. The fourth-order valence-electron chi connectivity index (χ4n) is 2.70. The van der Waals surface area contributed by atoms with Crippen molar-refractivity contribution in [2.75, 3.05) is 6.54 Å². The summed E-state index contributed by atoms with van der Waals surface area (Å²) in [6.45, 7) is 4.31. The van der Waals surface area contributed by atoms with Crippen LogP contribution in [0.3, 0.4) is 0 Å². The van der Waals surface area contributed by atoms with Crippen molar-refractivity contribution < 1.29 is 8.42 Å². The summed E-state index contributed by atoms with van der Waals surface area (Å²) in [5, 5.41) is 0. The lowest BCUT2D eigenvalue weighted by atomic mass is 10.1. The fourth-order valence-corrected chi connectivity index (χ4v) is 5.77. The Hall–Kier alpha value is -1.50. The van der Waals surface area contributed by atoms with Gasteiger partial charge >= 0.3 is 0 Å². The van der Waals surface area contributed by atoms with Gasteiger partial charge < -0.3 is 0 Å². The summed E-state index contributed by atoms with van der Waals surface area (Å²) in [5.74, 6) is 0. The van der Waals surface area contributed by atoms with Crippen molar-refractivity contribution in [1.82, 2.24) is 9.29 Å². The summed E-state index contributed by atoms with van der Waals surface area (Å²) < 4.78 is 27.5. The molecule has 1 saturated heterocycles. The minimum Gasteiger partial charge on any atom is -0.229 e. The van der Waals surface area contributed by atoms with Crippen LogP contribution in [0.15, 0.2) is 40.7 Å². The van der Waals surface area contributed by atoms with Gasteiger partial charge in [0.25, 0.3) is 10.0 Å². The first-order valence-corrected chi connectivity index (χ1v) is 9.93. The molecule has 1 unspecified atom stereocenters. The number of thiazole rings is 1. The summed E-state index contributed by atoms with van der Waals surface area (Å²) in [6, 6.07) is 9.85. The average Bonchev–Trinajstić information content (AvgIpc) is 3.14. The van der Waals surface area contributed by atoms with E-state index in [9.17, 15) is 8.42 Å². The molecule has 1 aliphatic rings. The van der Waals surface area contributed by atoms with Crippen molar-refractivity contribution in [3.63, 3.8) is 0 Å². The third-order valence-corrected chi connectivity index (χ3v) is 7.45. The molecule has 0 bridgehead atoms. The highest BCUT2D eigenvalue weighted by Crippen LogP contribution is 2.30. The third-order valence-electron chi connectivity index (χ3n) is 4.10. The zero-order valence-electron chi connectivity index (χ0n) is 13.3. The quantitative estimate of drug-likeness (QED) is 0.848. The molecular weight excluding hydrogens is 328 g/mol. The predicted molar refractivity (Wildman–Crippen MR) is 94.0 cm³/mol.